The largest absolute Gasteiger partial charge is 0.355 e. The molecule has 3 nitrogen and oxygen atoms in total. The average molecular weight is 424 g/mol. The molecule has 7 rings (SSSR count). The van der Waals surface area contributed by atoms with Crippen LogP contribution in [0.2, 0.25) is 0 Å². The van der Waals surface area contributed by atoms with Crippen LogP contribution < -0.4 is 5.84 Å². The van der Waals surface area contributed by atoms with Crippen LogP contribution >= 0.6 is 0 Å². The van der Waals surface area contributed by atoms with E-state index >= 15 is 0 Å². The molecule has 0 aliphatic carbocycles. The summed E-state index contributed by atoms with van der Waals surface area (Å²) in [5.74, 6) is 6.36. The van der Waals surface area contributed by atoms with Gasteiger partial charge in [-0.1, -0.05) is 66.7 Å². The fourth-order valence-electron chi connectivity index (χ4n) is 5.07. The van der Waals surface area contributed by atoms with Crippen molar-refractivity contribution in [3.8, 4) is 22.3 Å². The van der Waals surface area contributed by atoms with Gasteiger partial charge in [0, 0.05) is 32.6 Å². The van der Waals surface area contributed by atoms with Gasteiger partial charge in [0.05, 0.1) is 11.0 Å². The molecule has 3 N–H and O–H groups in total. The quantitative estimate of drug-likeness (QED) is 0.278. The van der Waals surface area contributed by atoms with Crippen LogP contribution in [-0.2, 0) is 0 Å². The number of rotatable bonds is 2. The minimum Gasteiger partial charge on any atom is -0.355 e. The van der Waals surface area contributed by atoms with Crippen molar-refractivity contribution in [2.24, 2.45) is 0 Å². The van der Waals surface area contributed by atoms with Crippen LogP contribution in [0.5, 0.6) is 0 Å². The average Bonchev–Trinajstić information content (AvgIpc) is 3.39. The highest BCUT2D eigenvalue weighted by Crippen LogP contribution is 2.35. The lowest BCUT2D eigenvalue weighted by Crippen LogP contribution is -2.06. The lowest BCUT2D eigenvalue weighted by atomic mass is 9.99. The van der Waals surface area contributed by atoms with E-state index in [1.165, 1.54) is 43.8 Å². The monoisotopic (exact) mass is 423 g/mol. The van der Waals surface area contributed by atoms with E-state index in [4.69, 9.17) is 5.84 Å². The fourth-order valence-corrected chi connectivity index (χ4v) is 5.07. The van der Waals surface area contributed by atoms with Gasteiger partial charge in [-0.2, -0.15) is 0 Å². The van der Waals surface area contributed by atoms with E-state index in [1.54, 1.807) is 4.68 Å². The van der Waals surface area contributed by atoms with Crippen molar-refractivity contribution in [3.63, 3.8) is 0 Å². The highest BCUT2D eigenvalue weighted by atomic mass is 15.3. The predicted octanol–water partition coefficient (Wildman–Crippen LogP) is 7.48. The molecule has 0 fully saturated rings. The summed E-state index contributed by atoms with van der Waals surface area (Å²) < 4.78 is 1.78. The van der Waals surface area contributed by atoms with Gasteiger partial charge >= 0.3 is 0 Å². The Bertz CT molecular complexity index is 1820. The molecule has 2 aromatic heterocycles. The number of hydrogen-bond donors (Lipinski definition) is 2. The molecule has 7 aromatic rings. The lowest BCUT2D eigenvalue weighted by Gasteiger charge is -2.05. The number of fused-ring (bicyclic) bond motifs is 6. The molecule has 0 saturated heterocycles. The normalized spacial score (nSPS) is 11.8. The molecule has 33 heavy (non-hydrogen) atoms. The van der Waals surface area contributed by atoms with Gasteiger partial charge in [-0.3, -0.25) is 4.68 Å². The first-order valence-electron chi connectivity index (χ1n) is 11.2. The number of nitrogen functional groups attached to an aromatic ring is 1. The van der Waals surface area contributed by atoms with Gasteiger partial charge in [0.25, 0.3) is 0 Å². The molecule has 5 aromatic carbocycles. The number of nitrogens with zero attached hydrogens (tertiary/aromatic N) is 1. The summed E-state index contributed by atoms with van der Waals surface area (Å²) in [5.41, 5.74) is 9.24. The molecule has 3 heteroatoms. The van der Waals surface area contributed by atoms with Crippen molar-refractivity contribution in [3.05, 3.63) is 109 Å². The number of nitrogens with one attached hydrogen (secondary N) is 1. The van der Waals surface area contributed by atoms with Crippen LogP contribution in [0.1, 0.15) is 0 Å². The van der Waals surface area contributed by atoms with Crippen molar-refractivity contribution in [2.45, 2.75) is 0 Å². The summed E-state index contributed by atoms with van der Waals surface area (Å²) in [7, 11) is 0. The van der Waals surface area contributed by atoms with E-state index in [2.05, 4.69) is 108 Å². The highest BCUT2D eigenvalue weighted by Gasteiger charge is 2.12. The van der Waals surface area contributed by atoms with Gasteiger partial charge in [-0.25, -0.2) is 0 Å². The Balaban J connectivity index is 1.43. The molecule has 156 valence electrons. The standard InChI is InChI=1S/C30H21N3/c31-33-29-9-5-4-8-23(29)26-18-22(12-15-30(26)33)21-11-14-28-25(17-21)24-16-20(10-13-27(24)32-28)19-6-2-1-3-7-19/h1-18,32H,31H2. The van der Waals surface area contributed by atoms with E-state index < -0.39 is 0 Å². The van der Waals surface area contributed by atoms with Crippen LogP contribution in [0, 0.1) is 0 Å². The van der Waals surface area contributed by atoms with Gasteiger partial charge in [-0.05, 0) is 64.7 Å². The smallest absolute Gasteiger partial charge is 0.0704 e. The first-order chi connectivity index (χ1) is 16.3. The number of hydrogen-bond acceptors (Lipinski definition) is 1. The molecule has 0 radical (unpaired) electrons. The molecular formula is C30H21N3. The minimum atomic E-state index is 1.04. The van der Waals surface area contributed by atoms with Crippen LogP contribution in [0.25, 0.3) is 65.9 Å². The topological polar surface area (TPSA) is 46.7 Å². The first kappa shape index (κ1) is 18.1. The van der Waals surface area contributed by atoms with Gasteiger partial charge in [0.2, 0.25) is 0 Å². The minimum absolute atomic E-state index is 1.04. The Hall–Kier alpha value is -4.50. The Morgan fingerprint density at radius 1 is 0.455 bits per heavy atom. The van der Waals surface area contributed by atoms with Crippen LogP contribution in [0.4, 0.5) is 0 Å². The van der Waals surface area contributed by atoms with Gasteiger partial charge < -0.3 is 10.8 Å². The molecule has 0 saturated carbocycles. The van der Waals surface area contributed by atoms with Crippen LogP contribution in [0.3, 0.4) is 0 Å². The second-order valence-electron chi connectivity index (χ2n) is 8.63. The zero-order chi connectivity index (χ0) is 21.9. The number of nitrogens with two attached hydrogens (primary N) is 1. The van der Waals surface area contributed by atoms with E-state index in [1.807, 2.05) is 6.07 Å². The van der Waals surface area contributed by atoms with Gasteiger partial charge in [0.15, 0.2) is 0 Å². The third-order valence-electron chi connectivity index (χ3n) is 6.75. The first-order valence-corrected chi connectivity index (χ1v) is 11.2. The lowest BCUT2D eigenvalue weighted by molar-refractivity contribution is 1.12. The fraction of sp³-hybridized carbons (Fsp3) is 0. The Morgan fingerprint density at radius 2 is 1.00 bits per heavy atom. The van der Waals surface area contributed by atoms with Crippen molar-refractivity contribution in [1.82, 2.24) is 9.66 Å². The van der Waals surface area contributed by atoms with Crippen LogP contribution in [0.15, 0.2) is 109 Å². The second kappa shape index (κ2) is 6.75. The number of para-hydroxylation sites is 1. The van der Waals surface area contributed by atoms with E-state index in [9.17, 15) is 0 Å². The number of aromatic amines is 1. The number of benzene rings is 5. The SMILES string of the molecule is Nn1c2ccccc2c2cc(-c3ccc4[nH]c5ccc(-c6ccccc6)cc5c4c3)ccc21. The Labute approximate surface area is 190 Å². The molecule has 0 aliphatic heterocycles. The molecule has 0 amide bonds. The van der Waals surface area contributed by atoms with Gasteiger partial charge in [0.1, 0.15) is 0 Å². The summed E-state index contributed by atoms with van der Waals surface area (Å²) in [6.45, 7) is 0. The summed E-state index contributed by atoms with van der Waals surface area (Å²) in [5, 5.41) is 4.84. The van der Waals surface area contributed by atoms with Gasteiger partial charge in [-0.15, -0.1) is 0 Å². The van der Waals surface area contributed by atoms with Crippen molar-refractivity contribution in [2.75, 3.05) is 5.84 Å². The van der Waals surface area contributed by atoms with Crippen molar-refractivity contribution < 1.29 is 0 Å². The third-order valence-corrected chi connectivity index (χ3v) is 6.75. The van der Waals surface area contributed by atoms with Crippen molar-refractivity contribution >= 4 is 43.6 Å². The van der Waals surface area contributed by atoms with Crippen LogP contribution in [-0.4, -0.2) is 9.66 Å². The maximum atomic E-state index is 6.36. The summed E-state index contributed by atoms with van der Waals surface area (Å²) in [6, 6.07) is 38.7. The Kier molecular flexibility index (Phi) is 3.70. The number of aromatic nitrogens is 2. The molecule has 0 unspecified atom stereocenters. The molecular weight excluding hydrogens is 402 g/mol. The molecule has 0 atom stereocenters. The van der Waals surface area contributed by atoms with Crippen molar-refractivity contribution in [1.29, 1.82) is 0 Å². The molecule has 0 spiro atoms. The zero-order valence-corrected chi connectivity index (χ0v) is 17.9. The maximum Gasteiger partial charge on any atom is 0.0704 e. The number of H-pyrrole nitrogens is 1. The summed E-state index contributed by atoms with van der Waals surface area (Å²) in [6.07, 6.45) is 0. The second-order valence-corrected chi connectivity index (χ2v) is 8.63. The van der Waals surface area contributed by atoms with E-state index in [0.29, 0.717) is 0 Å². The summed E-state index contributed by atoms with van der Waals surface area (Å²) in [4.78, 5) is 3.57. The molecule has 0 bridgehead atoms. The summed E-state index contributed by atoms with van der Waals surface area (Å²) >= 11 is 0. The third kappa shape index (κ3) is 2.69. The maximum absolute atomic E-state index is 6.36. The zero-order valence-electron chi connectivity index (χ0n) is 17.9. The van der Waals surface area contributed by atoms with E-state index in [0.717, 1.165) is 22.1 Å². The highest BCUT2D eigenvalue weighted by molar-refractivity contribution is 6.11. The molecule has 0 aliphatic rings. The predicted molar refractivity (Wildman–Crippen MR) is 140 cm³/mol. The Morgan fingerprint density at radius 3 is 1.73 bits per heavy atom. The van der Waals surface area contributed by atoms with E-state index in [-0.39, 0.29) is 0 Å². The molecule has 2 heterocycles.